The van der Waals surface area contributed by atoms with Crippen LogP contribution in [0.3, 0.4) is 0 Å². The van der Waals surface area contributed by atoms with Crippen LogP contribution in [0.1, 0.15) is 6.92 Å². The van der Waals surface area contributed by atoms with Gasteiger partial charge in [0.2, 0.25) is 15.9 Å². The van der Waals surface area contributed by atoms with E-state index in [0.29, 0.717) is 18.9 Å². The average molecular weight is 422 g/mol. The van der Waals surface area contributed by atoms with E-state index in [1.54, 1.807) is 12.1 Å². The van der Waals surface area contributed by atoms with E-state index < -0.39 is 27.9 Å². The molecule has 1 aromatic rings. The molecule has 0 aliphatic carbocycles. The number of hydrogen-bond acceptors (Lipinski definition) is 6. The number of anilines is 1. The number of carboxylic acids is 1. The van der Waals surface area contributed by atoms with Crippen molar-refractivity contribution in [2.75, 3.05) is 45.2 Å². The van der Waals surface area contributed by atoms with Crippen LogP contribution in [0.15, 0.2) is 29.2 Å². The van der Waals surface area contributed by atoms with Crippen LogP contribution in [0.2, 0.25) is 0 Å². The first-order chi connectivity index (χ1) is 12.2. The summed E-state index contributed by atoms with van der Waals surface area (Å²) in [6.07, 6.45) is 0. The van der Waals surface area contributed by atoms with Crippen molar-refractivity contribution in [2.45, 2.75) is 17.9 Å². The monoisotopic (exact) mass is 421 g/mol. The Hall–Kier alpha value is -1.72. The number of benzene rings is 1. The van der Waals surface area contributed by atoms with Crippen molar-refractivity contribution in [3.63, 3.8) is 0 Å². The van der Waals surface area contributed by atoms with Crippen LogP contribution in [0.5, 0.6) is 0 Å². The first kappa shape index (κ1) is 23.3. The molecule has 0 saturated carbocycles. The number of nitrogens with zero attached hydrogens (tertiary/aromatic N) is 2. The molecule has 2 N–H and O–H groups in total. The lowest BCUT2D eigenvalue weighted by atomic mass is 10.3. The predicted molar refractivity (Wildman–Crippen MR) is 102 cm³/mol. The van der Waals surface area contributed by atoms with E-state index in [9.17, 15) is 18.0 Å². The number of amides is 1. The van der Waals surface area contributed by atoms with Gasteiger partial charge in [-0.05, 0) is 32.2 Å². The van der Waals surface area contributed by atoms with E-state index in [4.69, 9.17) is 9.84 Å². The van der Waals surface area contributed by atoms with Crippen LogP contribution >= 0.6 is 12.4 Å². The van der Waals surface area contributed by atoms with Crippen molar-refractivity contribution >= 4 is 40.0 Å². The number of rotatable bonds is 7. The second-order valence-corrected chi connectivity index (χ2v) is 7.96. The summed E-state index contributed by atoms with van der Waals surface area (Å²) in [5.74, 6) is -1.46. The molecule has 2 rings (SSSR count). The Balaban J connectivity index is 0.00000364. The maximum Gasteiger partial charge on any atom is 0.320 e. The minimum atomic E-state index is -3.65. The van der Waals surface area contributed by atoms with Crippen LogP contribution < -0.4 is 5.32 Å². The largest absolute Gasteiger partial charge is 0.480 e. The molecular formula is C16H24ClN3O6S. The summed E-state index contributed by atoms with van der Waals surface area (Å²) in [7, 11) is -2.13. The SMILES string of the molecule is CC(C(=O)O)N(C)CC(=O)Nc1cccc(S(=O)(=O)N2CCOCC2)c1.Cl. The zero-order chi connectivity index (χ0) is 19.3. The first-order valence-electron chi connectivity index (χ1n) is 8.12. The van der Waals surface area contributed by atoms with Gasteiger partial charge in [-0.2, -0.15) is 4.31 Å². The van der Waals surface area contributed by atoms with Crippen molar-refractivity contribution in [1.29, 1.82) is 0 Å². The normalized spacial score (nSPS) is 16.4. The smallest absolute Gasteiger partial charge is 0.320 e. The molecule has 152 valence electrons. The van der Waals surface area contributed by atoms with E-state index >= 15 is 0 Å². The van der Waals surface area contributed by atoms with Crippen molar-refractivity contribution in [1.82, 2.24) is 9.21 Å². The summed E-state index contributed by atoms with van der Waals surface area (Å²) >= 11 is 0. The molecule has 9 nitrogen and oxygen atoms in total. The van der Waals surface area contributed by atoms with Crippen LogP contribution in [0.4, 0.5) is 5.69 Å². The fourth-order valence-electron chi connectivity index (χ4n) is 2.42. The van der Waals surface area contributed by atoms with E-state index in [1.165, 1.54) is 35.3 Å². The molecule has 1 saturated heterocycles. The van der Waals surface area contributed by atoms with Gasteiger partial charge in [0.05, 0.1) is 24.7 Å². The molecule has 1 amide bonds. The minimum absolute atomic E-state index is 0. The first-order valence-corrected chi connectivity index (χ1v) is 9.56. The van der Waals surface area contributed by atoms with Crippen LogP contribution in [-0.2, 0) is 24.3 Å². The Kier molecular flexibility index (Phi) is 8.63. The lowest BCUT2D eigenvalue weighted by Crippen LogP contribution is -2.41. The zero-order valence-corrected chi connectivity index (χ0v) is 16.8. The number of carbonyl (C=O) groups is 2. The molecule has 27 heavy (non-hydrogen) atoms. The summed E-state index contributed by atoms with van der Waals surface area (Å²) in [4.78, 5) is 24.5. The van der Waals surface area contributed by atoms with Crippen LogP contribution in [-0.4, -0.2) is 80.5 Å². The highest BCUT2D eigenvalue weighted by Crippen LogP contribution is 2.20. The van der Waals surface area contributed by atoms with Crippen molar-refractivity contribution in [3.05, 3.63) is 24.3 Å². The maximum absolute atomic E-state index is 12.7. The van der Waals surface area contributed by atoms with E-state index in [1.807, 2.05) is 0 Å². The lowest BCUT2D eigenvalue weighted by Gasteiger charge is -2.26. The van der Waals surface area contributed by atoms with Crippen molar-refractivity contribution < 1.29 is 27.9 Å². The Morgan fingerprint density at radius 3 is 2.56 bits per heavy atom. The number of morpholine rings is 1. The fourth-order valence-corrected chi connectivity index (χ4v) is 3.88. The quantitative estimate of drug-likeness (QED) is 0.657. The molecule has 0 bridgehead atoms. The van der Waals surface area contributed by atoms with E-state index in [0.717, 1.165) is 0 Å². The Labute approximate surface area is 164 Å². The number of halogens is 1. The Morgan fingerprint density at radius 2 is 1.96 bits per heavy atom. The van der Waals surface area contributed by atoms with Crippen molar-refractivity contribution in [3.8, 4) is 0 Å². The molecule has 1 unspecified atom stereocenters. The molecule has 1 aliphatic heterocycles. The highest BCUT2D eigenvalue weighted by atomic mass is 35.5. The maximum atomic E-state index is 12.7. The predicted octanol–water partition coefficient (Wildman–Crippen LogP) is 0.473. The van der Waals surface area contributed by atoms with Crippen LogP contribution in [0, 0.1) is 0 Å². The number of sulfonamides is 1. The number of nitrogens with one attached hydrogen (secondary N) is 1. The molecule has 0 spiro atoms. The topological polar surface area (TPSA) is 116 Å². The molecule has 11 heteroatoms. The molecule has 1 fully saturated rings. The molecular weight excluding hydrogens is 398 g/mol. The van der Waals surface area contributed by atoms with Gasteiger partial charge in [0.1, 0.15) is 6.04 Å². The van der Waals surface area contributed by atoms with Gasteiger partial charge in [0.15, 0.2) is 0 Å². The molecule has 1 aromatic carbocycles. The van der Waals surface area contributed by atoms with Gasteiger partial charge < -0.3 is 15.2 Å². The highest BCUT2D eigenvalue weighted by molar-refractivity contribution is 7.89. The van der Waals surface area contributed by atoms with Gasteiger partial charge in [-0.15, -0.1) is 12.4 Å². The van der Waals surface area contributed by atoms with Crippen LogP contribution in [0.25, 0.3) is 0 Å². The van der Waals surface area contributed by atoms with Gasteiger partial charge in [-0.3, -0.25) is 14.5 Å². The highest BCUT2D eigenvalue weighted by Gasteiger charge is 2.26. The number of hydrogen-bond donors (Lipinski definition) is 2. The van der Waals surface area contributed by atoms with Gasteiger partial charge >= 0.3 is 5.97 Å². The Bertz CT molecular complexity index is 767. The molecule has 0 aromatic heterocycles. The third-order valence-electron chi connectivity index (χ3n) is 4.14. The van der Waals surface area contributed by atoms with E-state index in [-0.39, 0.29) is 36.9 Å². The summed E-state index contributed by atoms with van der Waals surface area (Å²) in [6, 6.07) is 5.18. The average Bonchev–Trinajstić information content (AvgIpc) is 2.61. The molecule has 1 heterocycles. The molecule has 0 radical (unpaired) electrons. The number of carboxylic acid groups (broad SMARTS) is 1. The zero-order valence-electron chi connectivity index (χ0n) is 15.1. The third-order valence-corrected chi connectivity index (χ3v) is 6.03. The summed E-state index contributed by atoms with van der Waals surface area (Å²) in [5, 5.41) is 11.6. The lowest BCUT2D eigenvalue weighted by molar-refractivity contribution is -0.142. The van der Waals surface area contributed by atoms with E-state index in [2.05, 4.69) is 5.32 Å². The summed E-state index contributed by atoms with van der Waals surface area (Å²) in [6.45, 7) is 2.63. The Morgan fingerprint density at radius 1 is 1.33 bits per heavy atom. The van der Waals surface area contributed by atoms with Gasteiger partial charge in [-0.25, -0.2) is 8.42 Å². The van der Waals surface area contributed by atoms with Gasteiger partial charge in [0.25, 0.3) is 0 Å². The summed E-state index contributed by atoms with van der Waals surface area (Å²) < 4.78 is 31.8. The fraction of sp³-hybridized carbons (Fsp3) is 0.500. The molecule has 1 atom stereocenters. The third kappa shape index (κ3) is 6.15. The van der Waals surface area contributed by atoms with Gasteiger partial charge in [0, 0.05) is 18.8 Å². The second-order valence-electron chi connectivity index (χ2n) is 6.02. The number of aliphatic carboxylic acids is 1. The number of likely N-dealkylation sites (N-methyl/N-ethyl adjacent to an activating group) is 1. The standard InChI is InChI=1S/C16H23N3O6S.ClH/c1-12(16(21)22)18(2)11-15(20)17-13-4-3-5-14(10-13)26(23,24)19-6-8-25-9-7-19;/h3-5,10,12H,6-9,11H2,1-2H3,(H,17,20)(H,21,22);1H. The number of ether oxygens (including phenoxy) is 1. The molecule has 1 aliphatic rings. The second kappa shape index (κ2) is 10.00. The van der Waals surface area contributed by atoms with Crippen molar-refractivity contribution in [2.24, 2.45) is 0 Å². The summed E-state index contributed by atoms with van der Waals surface area (Å²) in [5.41, 5.74) is 0.334. The minimum Gasteiger partial charge on any atom is -0.480 e. The number of carbonyl (C=O) groups excluding carboxylic acids is 1. The van der Waals surface area contributed by atoms with Gasteiger partial charge in [-0.1, -0.05) is 6.07 Å².